The van der Waals surface area contributed by atoms with Gasteiger partial charge in [0.1, 0.15) is 5.82 Å². The smallest absolute Gasteiger partial charge is 0.123 e. The normalized spacial score (nSPS) is 12.6. The number of halogens is 1. The van der Waals surface area contributed by atoms with Gasteiger partial charge in [-0.05, 0) is 36.6 Å². The summed E-state index contributed by atoms with van der Waals surface area (Å²) in [5.74, 6) is 5.36. The molecule has 0 bridgehead atoms. The number of hydrogen-bond acceptors (Lipinski definition) is 4. The zero-order chi connectivity index (χ0) is 13.8. The minimum Gasteiger partial charge on any atom is -0.271 e. The Kier molecular flexibility index (Phi) is 4.24. The molecule has 19 heavy (non-hydrogen) atoms. The lowest BCUT2D eigenvalue weighted by Crippen LogP contribution is -2.31. The van der Waals surface area contributed by atoms with Crippen LogP contribution in [0.5, 0.6) is 0 Å². The fourth-order valence-corrected chi connectivity index (χ4v) is 2.13. The summed E-state index contributed by atoms with van der Waals surface area (Å²) in [5, 5.41) is 7.94. The molecule has 2 rings (SSSR count). The lowest BCUT2D eigenvalue weighted by atomic mass is 9.99. The molecule has 0 aliphatic rings. The second-order valence-electron chi connectivity index (χ2n) is 4.48. The molecule has 1 unspecified atom stereocenters. The summed E-state index contributed by atoms with van der Waals surface area (Å²) in [5.41, 5.74) is 5.31. The fourth-order valence-electron chi connectivity index (χ4n) is 2.13. The first-order chi connectivity index (χ1) is 9.17. The highest BCUT2D eigenvalue weighted by atomic mass is 19.1. The molecule has 0 saturated carbocycles. The first-order valence-electron chi connectivity index (χ1n) is 6.28. The Morgan fingerprint density at radius 3 is 2.95 bits per heavy atom. The predicted octanol–water partition coefficient (Wildman–Crippen LogP) is 1.69. The topological polar surface area (TPSA) is 68.8 Å². The number of benzene rings is 1. The molecule has 6 heteroatoms. The Morgan fingerprint density at radius 1 is 1.47 bits per heavy atom. The van der Waals surface area contributed by atoms with Crippen LogP contribution in [-0.2, 0) is 6.54 Å². The molecule has 0 fully saturated rings. The summed E-state index contributed by atoms with van der Waals surface area (Å²) in [6, 6.07) is 4.34. The van der Waals surface area contributed by atoms with Gasteiger partial charge in [0.2, 0.25) is 0 Å². The number of nitrogens with zero attached hydrogens (tertiary/aromatic N) is 3. The summed E-state index contributed by atoms with van der Waals surface area (Å²) < 4.78 is 15.2. The van der Waals surface area contributed by atoms with E-state index in [-0.39, 0.29) is 11.9 Å². The number of aryl methyl sites for hydroxylation is 2. The summed E-state index contributed by atoms with van der Waals surface area (Å²) >= 11 is 0. The minimum atomic E-state index is -0.322. The maximum atomic E-state index is 13.4. The Morgan fingerprint density at radius 2 is 2.26 bits per heavy atom. The monoisotopic (exact) mass is 263 g/mol. The van der Waals surface area contributed by atoms with E-state index < -0.39 is 0 Å². The molecule has 1 aromatic carbocycles. The van der Waals surface area contributed by atoms with E-state index in [1.165, 1.54) is 12.1 Å². The first-order valence-corrected chi connectivity index (χ1v) is 6.28. The highest BCUT2D eigenvalue weighted by molar-refractivity contribution is 5.34. The Hall–Kier alpha value is -1.79. The van der Waals surface area contributed by atoms with E-state index >= 15 is 0 Å². The molecule has 3 N–H and O–H groups in total. The predicted molar refractivity (Wildman–Crippen MR) is 70.6 cm³/mol. The van der Waals surface area contributed by atoms with Crippen molar-refractivity contribution in [3.8, 4) is 0 Å². The number of hydrogen-bond donors (Lipinski definition) is 2. The lowest BCUT2D eigenvalue weighted by Gasteiger charge is -2.19. The van der Waals surface area contributed by atoms with Crippen molar-refractivity contribution in [3.05, 3.63) is 47.0 Å². The third-order valence-corrected chi connectivity index (χ3v) is 3.10. The third-order valence-electron chi connectivity index (χ3n) is 3.10. The van der Waals surface area contributed by atoms with Gasteiger partial charge in [-0.15, -0.1) is 5.10 Å². The van der Waals surface area contributed by atoms with E-state index in [4.69, 9.17) is 5.84 Å². The Balaban J connectivity index is 2.44. The largest absolute Gasteiger partial charge is 0.271 e. The van der Waals surface area contributed by atoms with Gasteiger partial charge in [-0.25, -0.2) is 14.5 Å². The maximum absolute atomic E-state index is 13.4. The van der Waals surface area contributed by atoms with E-state index in [2.05, 4.69) is 22.7 Å². The minimum absolute atomic E-state index is 0.282. The standard InChI is InChI=1S/C13H18FN5/c1-3-6-19-12(8-16-18-19)13(17-15)11-7-10(14)5-4-9(11)2/h4-5,7-8,13,17H,3,6,15H2,1-2H3. The van der Waals surface area contributed by atoms with Crippen LogP contribution in [-0.4, -0.2) is 15.0 Å². The van der Waals surface area contributed by atoms with E-state index in [0.29, 0.717) is 0 Å². The summed E-state index contributed by atoms with van der Waals surface area (Å²) in [4.78, 5) is 0. The second-order valence-corrected chi connectivity index (χ2v) is 4.48. The second kappa shape index (κ2) is 5.90. The van der Waals surface area contributed by atoms with Crippen molar-refractivity contribution in [1.29, 1.82) is 0 Å². The maximum Gasteiger partial charge on any atom is 0.123 e. The van der Waals surface area contributed by atoms with Crippen LogP contribution in [0.1, 0.15) is 36.2 Å². The Bertz CT molecular complexity index is 552. The first kappa shape index (κ1) is 13.6. The molecular formula is C13H18FN5. The summed E-state index contributed by atoms with van der Waals surface area (Å²) in [6.07, 6.45) is 2.60. The number of nitrogens with two attached hydrogens (primary N) is 1. The molecule has 0 saturated heterocycles. The summed E-state index contributed by atoms with van der Waals surface area (Å²) in [6.45, 7) is 4.73. The van der Waals surface area contributed by atoms with Crippen LogP contribution in [0.15, 0.2) is 24.4 Å². The molecule has 1 heterocycles. The van der Waals surface area contributed by atoms with Crippen LogP contribution >= 0.6 is 0 Å². The van der Waals surface area contributed by atoms with E-state index in [1.807, 2.05) is 6.92 Å². The van der Waals surface area contributed by atoms with Crippen molar-refractivity contribution in [1.82, 2.24) is 20.4 Å². The lowest BCUT2D eigenvalue weighted by molar-refractivity contribution is 0.509. The highest BCUT2D eigenvalue weighted by Gasteiger charge is 2.20. The Labute approximate surface area is 111 Å². The molecule has 0 radical (unpaired) electrons. The van der Waals surface area contributed by atoms with Gasteiger partial charge in [-0.3, -0.25) is 5.84 Å². The van der Waals surface area contributed by atoms with Crippen LogP contribution < -0.4 is 11.3 Å². The van der Waals surface area contributed by atoms with E-state index in [0.717, 1.165) is 29.8 Å². The third kappa shape index (κ3) is 2.80. The number of rotatable bonds is 5. The molecule has 1 aromatic heterocycles. The molecular weight excluding hydrogens is 245 g/mol. The SMILES string of the molecule is CCCn1nncc1C(NN)c1cc(F)ccc1C. The molecule has 5 nitrogen and oxygen atoms in total. The fraction of sp³-hybridized carbons (Fsp3) is 0.385. The van der Waals surface area contributed by atoms with Crippen molar-refractivity contribution in [3.63, 3.8) is 0 Å². The van der Waals surface area contributed by atoms with Gasteiger partial charge >= 0.3 is 0 Å². The molecule has 2 aromatic rings. The number of hydrazine groups is 1. The van der Waals surface area contributed by atoms with E-state index in [1.54, 1.807) is 16.9 Å². The zero-order valence-corrected chi connectivity index (χ0v) is 11.1. The van der Waals surface area contributed by atoms with Crippen LogP contribution in [0, 0.1) is 12.7 Å². The van der Waals surface area contributed by atoms with Gasteiger partial charge in [0, 0.05) is 6.54 Å². The van der Waals surface area contributed by atoms with Crippen molar-refractivity contribution < 1.29 is 4.39 Å². The zero-order valence-electron chi connectivity index (χ0n) is 11.1. The molecule has 1 atom stereocenters. The molecule has 0 spiro atoms. The number of aromatic nitrogens is 3. The number of nitrogens with one attached hydrogen (secondary N) is 1. The van der Waals surface area contributed by atoms with Crippen molar-refractivity contribution in [2.45, 2.75) is 32.9 Å². The van der Waals surface area contributed by atoms with Crippen LogP contribution in [0.3, 0.4) is 0 Å². The van der Waals surface area contributed by atoms with Crippen LogP contribution in [0.2, 0.25) is 0 Å². The van der Waals surface area contributed by atoms with Gasteiger partial charge < -0.3 is 0 Å². The van der Waals surface area contributed by atoms with Crippen molar-refractivity contribution in [2.75, 3.05) is 0 Å². The molecule has 0 aliphatic heterocycles. The molecule has 0 amide bonds. The summed E-state index contributed by atoms with van der Waals surface area (Å²) in [7, 11) is 0. The van der Waals surface area contributed by atoms with Gasteiger partial charge in [-0.2, -0.15) is 0 Å². The van der Waals surface area contributed by atoms with E-state index in [9.17, 15) is 4.39 Å². The molecule has 0 aliphatic carbocycles. The van der Waals surface area contributed by atoms with Crippen LogP contribution in [0.25, 0.3) is 0 Å². The van der Waals surface area contributed by atoms with Crippen molar-refractivity contribution in [2.24, 2.45) is 5.84 Å². The quantitative estimate of drug-likeness (QED) is 0.636. The van der Waals surface area contributed by atoms with Crippen LogP contribution in [0.4, 0.5) is 4.39 Å². The van der Waals surface area contributed by atoms with Gasteiger partial charge in [0.25, 0.3) is 0 Å². The highest BCUT2D eigenvalue weighted by Crippen LogP contribution is 2.24. The van der Waals surface area contributed by atoms with Gasteiger partial charge in [0.15, 0.2) is 0 Å². The van der Waals surface area contributed by atoms with Gasteiger partial charge in [0.05, 0.1) is 17.9 Å². The average molecular weight is 263 g/mol. The molecule has 102 valence electrons. The van der Waals surface area contributed by atoms with Gasteiger partial charge in [-0.1, -0.05) is 18.2 Å². The average Bonchev–Trinajstić information content (AvgIpc) is 2.83. The van der Waals surface area contributed by atoms with Crippen molar-refractivity contribution >= 4 is 0 Å².